The van der Waals surface area contributed by atoms with Crippen LogP contribution in [0.25, 0.3) is 15.9 Å². The monoisotopic (exact) mass is 367 g/mol. The number of rotatable bonds is 3. The number of carbonyl (C=O) groups is 1. The van der Waals surface area contributed by atoms with E-state index >= 15 is 0 Å². The smallest absolute Gasteiger partial charge is 0.397 e. The molecule has 0 spiro atoms. The Balaban J connectivity index is 1.90. The molecule has 0 saturated carbocycles. The van der Waals surface area contributed by atoms with Crippen LogP contribution in [0.1, 0.15) is 26.6 Å². The van der Waals surface area contributed by atoms with E-state index in [2.05, 4.69) is 10.3 Å². The molecule has 130 valence electrons. The van der Waals surface area contributed by atoms with E-state index < -0.39 is 11.4 Å². The van der Waals surface area contributed by atoms with Crippen molar-refractivity contribution >= 4 is 33.0 Å². The topological polar surface area (TPSA) is 106 Å². The average molecular weight is 367 g/mol. The lowest BCUT2D eigenvalue weighted by atomic mass is 10.1. The summed E-state index contributed by atoms with van der Waals surface area (Å²) in [5.41, 5.74) is 8.10. The molecule has 26 heavy (non-hydrogen) atoms. The van der Waals surface area contributed by atoms with Gasteiger partial charge in [0.25, 0.3) is 5.78 Å². The van der Waals surface area contributed by atoms with Gasteiger partial charge in [0.1, 0.15) is 9.71 Å². The fourth-order valence-electron chi connectivity index (χ4n) is 2.73. The van der Waals surface area contributed by atoms with Crippen molar-refractivity contribution in [2.24, 2.45) is 0 Å². The third kappa shape index (κ3) is 2.42. The number of aromatic nitrogens is 3. The summed E-state index contributed by atoms with van der Waals surface area (Å²) in [6, 6.07) is 10.8. The summed E-state index contributed by atoms with van der Waals surface area (Å²) in [4.78, 5) is 30.7. The lowest BCUT2D eigenvalue weighted by molar-refractivity contribution is -0.672. The summed E-state index contributed by atoms with van der Waals surface area (Å²) in [6.07, 6.45) is 0. The molecule has 7 nitrogen and oxygen atoms in total. The molecule has 0 bridgehead atoms. The number of pyridine rings is 1. The van der Waals surface area contributed by atoms with Crippen LogP contribution in [0.4, 0.5) is 5.69 Å². The molecule has 1 aromatic carbocycles. The maximum atomic E-state index is 13.1. The van der Waals surface area contributed by atoms with E-state index in [4.69, 9.17) is 10.3 Å². The van der Waals surface area contributed by atoms with Gasteiger partial charge in [0.05, 0.1) is 5.69 Å². The number of hydrogen-bond acceptors (Lipinski definition) is 6. The second-order valence-electron chi connectivity index (χ2n) is 5.92. The first kappa shape index (κ1) is 16.2. The van der Waals surface area contributed by atoms with Crippen molar-refractivity contribution in [1.82, 2.24) is 10.3 Å². The quantitative estimate of drug-likeness (QED) is 0.427. The molecule has 4 aromatic rings. The number of benzene rings is 1. The summed E-state index contributed by atoms with van der Waals surface area (Å²) < 4.78 is 6.17. The Bertz CT molecular complexity index is 1200. The Labute approximate surface area is 151 Å². The fourth-order valence-corrected chi connectivity index (χ4v) is 3.79. The van der Waals surface area contributed by atoms with Crippen LogP contribution in [0.15, 0.2) is 45.7 Å². The highest BCUT2D eigenvalue weighted by molar-refractivity contribution is 7.21. The van der Waals surface area contributed by atoms with Gasteiger partial charge in [0.15, 0.2) is 0 Å². The molecule has 0 atom stereocenters. The lowest BCUT2D eigenvalue weighted by Crippen LogP contribution is -2.41. The van der Waals surface area contributed by atoms with Crippen molar-refractivity contribution < 1.29 is 14.0 Å². The van der Waals surface area contributed by atoms with E-state index in [-0.39, 0.29) is 10.6 Å². The molecule has 0 aliphatic carbocycles. The van der Waals surface area contributed by atoms with Gasteiger partial charge in [-0.15, -0.1) is 11.3 Å². The van der Waals surface area contributed by atoms with Crippen molar-refractivity contribution in [3.8, 4) is 5.69 Å². The number of fused-ring (bicyclic) bond motifs is 1. The highest BCUT2D eigenvalue weighted by Crippen LogP contribution is 2.34. The Morgan fingerprint density at radius 1 is 1.27 bits per heavy atom. The average Bonchev–Trinajstić information content (AvgIpc) is 3.17. The van der Waals surface area contributed by atoms with E-state index in [9.17, 15) is 9.59 Å². The molecule has 0 amide bonds. The number of anilines is 1. The standard InChI is InChI=1S/C18H14N4O3S/c1-9-8-12-13(19)16(26-17(12)20-10(9)2)15(23)14-18(24)25-21-22(14)11-6-4-3-5-7-11/h3-8H,1-2H3,(H2-,19,21,23,24)/p+1. The zero-order valence-corrected chi connectivity index (χ0v) is 14.9. The summed E-state index contributed by atoms with van der Waals surface area (Å²) in [5, 5.41) is 3.18. The first-order chi connectivity index (χ1) is 12.5. The number of carbonyl (C=O) groups excluding carboxylic acids is 1. The number of nitrogens with two attached hydrogens (primary N) is 1. The first-order valence-corrected chi connectivity index (χ1v) is 8.69. The summed E-state index contributed by atoms with van der Waals surface area (Å²) in [5.74, 6) is -0.500. The molecule has 3 aromatic heterocycles. The maximum Gasteiger partial charge on any atom is 0.439 e. The van der Waals surface area contributed by atoms with Crippen LogP contribution in [0.2, 0.25) is 0 Å². The third-order valence-corrected chi connectivity index (χ3v) is 5.36. The molecule has 0 fully saturated rings. The number of ketones is 1. The van der Waals surface area contributed by atoms with Crippen LogP contribution in [-0.2, 0) is 0 Å². The first-order valence-electron chi connectivity index (χ1n) is 7.87. The molecule has 0 aliphatic heterocycles. The van der Waals surface area contributed by atoms with Crippen LogP contribution < -0.4 is 16.0 Å². The molecule has 0 aliphatic rings. The molecule has 3 heterocycles. The van der Waals surface area contributed by atoms with Gasteiger partial charge in [-0.05, 0) is 35.4 Å². The van der Waals surface area contributed by atoms with Crippen LogP contribution >= 0.6 is 11.3 Å². The summed E-state index contributed by atoms with van der Waals surface area (Å²) in [7, 11) is 0. The van der Waals surface area contributed by atoms with Gasteiger partial charge in [-0.3, -0.25) is 9.32 Å². The van der Waals surface area contributed by atoms with Gasteiger partial charge < -0.3 is 5.73 Å². The van der Waals surface area contributed by atoms with Gasteiger partial charge in [0, 0.05) is 23.2 Å². The van der Waals surface area contributed by atoms with Crippen molar-refractivity contribution in [3.63, 3.8) is 0 Å². The maximum absolute atomic E-state index is 13.1. The largest absolute Gasteiger partial charge is 0.439 e. The molecule has 0 radical (unpaired) electrons. The molecule has 3 N–H and O–H groups in total. The summed E-state index contributed by atoms with van der Waals surface area (Å²) >= 11 is 1.17. The molecular weight excluding hydrogens is 352 g/mol. The van der Waals surface area contributed by atoms with Crippen molar-refractivity contribution in [2.45, 2.75) is 13.8 Å². The van der Waals surface area contributed by atoms with E-state index in [1.54, 1.807) is 24.3 Å². The number of nitrogen functional groups attached to an aromatic ring is 1. The van der Waals surface area contributed by atoms with Crippen molar-refractivity contribution in [2.75, 3.05) is 5.73 Å². The minimum atomic E-state index is -0.754. The summed E-state index contributed by atoms with van der Waals surface area (Å²) in [6.45, 7) is 3.83. The van der Waals surface area contributed by atoms with Crippen LogP contribution in [-0.4, -0.2) is 16.0 Å². The highest BCUT2D eigenvalue weighted by Gasteiger charge is 2.34. The van der Waals surface area contributed by atoms with Crippen LogP contribution in [0.3, 0.4) is 0 Å². The van der Waals surface area contributed by atoms with E-state index in [1.165, 1.54) is 16.0 Å². The van der Waals surface area contributed by atoms with E-state index in [0.29, 0.717) is 21.6 Å². The molecule has 4 rings (SSSR count). The van der Waals surface area contributed by atoms with Gasteiger partial charge in [-0.25, -0.2) is 9.78 Å². The van der Waals surface area contributed by atoms with Crippen molar-refractivity contribution in [1.29, 1.82) is 0 Å². The fraction of sp³-hybridized carbons (Fsp3) is 0.111. The molecular formula is C18H15N4O3S+. The Morgan fingerprint density at radius 2 is 2.00 bits per heavy atom. The van der Waals surface area contributed by atoms with E-state index in [1.807, 2.05) is 26.0 Å². The van der Waals surface area contributed by atoms with Crippen LogP contribution in [0, 0.1) is 13.8 Å². The molecule has 8 heteroatoms. The number of aromatic amines is 1. The SMILES string of the molecule is Cc1cc2c(N)c(C(=O)c3c(=O)o[nH][n+]3-c3ccccc3)sc2nc1C. The number of H-pyrrole nitrogens is 1. The zero-order chi connectivity index (χ0) is 18.4. The number of para-hydroxylation sites is 1. The third-order valence-electron chi connectivity index (χ3n) is 4.25. The number of thiophene rings is 1. The molecule has 0 unspecified atom stereocenters. The van der Waals surface area contributed by atoms with Crippen LogP contribution in [0.5, 0.6) is 0 Å². The van der Waals surface area contributed by atoms with E-state index in [0.717, 1.165) is 11.3 Å². The Kier molecular flexibility index (Phi) is 3.69. The van der Waals surface area contributed by atoms with Crippen molar-refractivity contribution in [3.05, 3.63) is 68.6 Å². The predicted molar refractivity (Wildman–Crippen MR) is 97.8 cm³/mol. The Hall–Kier alpha value is -3.26. The second-order valence-corrected chi connectivity index (χ2v) is 6.92. The minimum absolute atomic E-state index is 0.136. The lowest BCUT2D eigenvalue weighted by Gasteiger charge is -1.98. The highest BCUT2D eigenvalue weighted by atomic mass is 32.1. The number of nitrogens with one attached hydrogen (secondary N) is 1. The zero-order valence-electron chi connectivity index (χ0n) is 14.1. The number of nitrogens with zero attached hydrogens (tertiary/aromatic N) is 2. The number of aryl methyl sites for hydroxylation is 2. The van der Waals surface area contributed by atoms with Gasteiger partial charge in [0.2, 0.25) is 5.69 Å². The minimum Gasteiger partial charge on any atom is -0.397 e. The molecule has 0 saturated heterocycles. The van der Waals surface area contributed by atoms with Gasteiger partial charge in [-0.2, -0.15) is 0 Å². The predicted octanol–water partition coefficient (Wildman–Crippen LogP) is 2.28. The number of hydrogen-bond donors (Lipinski definition) is 2. The second kappa shape index (κ2) is 5.92. The van der Waals surface area contributed by atoms with Gasteiger partial charge in [-0.1, -0.05) is 18.2 Å². The van der Waals surface area contributed by atoms with Gasteiger partial charge >= 0.3 is 11.3 Å². The normalized spacial score (nSPS) is 11.2. The Morgan fingerprint density at radius 3 is 2.73 bits per heavy atom.